The molecule has 0 spiro atoms. The summed E-state index contributed by atoms with van der Waals surface area (Å²) >= 11 is 0. The predicted octanol–water partition coefficient (Wildman–Crippen LogP) is 11.9. The van der Waals surface area contributed by atoms with E-state index in [4.69, 9.17) is 14.2 Å². The highest BCUT2D eigenvalue weighted by molar-refractivity contribution is 5.71. The molecule has 0 rings (SSSR count). The second kappa shape index (κ2) is 36.5. The molecule has 0 bridgehead atoms. The van der Waals surface area contributed by atoms with Gasteiger partial charge in [0.1, 0.15) is 13.2 Å². The predicted molar refractivity (Wildman–Crippen MR) is 196 cm³/mol. The Morgan fingerprint density at radius 2 is 0.830 bits per heavy atom. The molecule has 0 saturated heterocycles. The van der Waals surface area contributed by atoms with Crippen LogP contribution in [0.25, 0.3) is 0 Å². The van der Waals surface area contributed by atoms with Crippen molar-refractivity contribution in [1.82, 2.24) is 0 Å². The summed E-state index contributed by atoms with van der Waals surface area (Å²) in [5, 5.41) is 0. The summed E-state index contributed by atoms with van der Waals surface area (Å²) in [6.07, 6.45) is 38.7. The SMILES string of the molecule is CC/C=C\C/C=C\C/C=C\CCCCCCCC(=O)OCC(COC(=O)CCCCCCC)OC(=O)CCCCCCCCCCC. The Bertz CT molecular complexity index is 815. The second-order valence-corrected chi connectivity index (χ2v) is 12.8. The number of allylic oxidation sites excluding steroid dienone is 6. The first kappa shape index (κ1) is 44.6. The molecular weight excluding hydrogens is 588 g/mol. The number of esters is 3. The van der Waals surface area contributed by atoms with Crippen molar-refractivity contribution in [3.05, 3.63) is 36.5 Å². The van der Waals surface area contributed by atoms with Gasteiger partial charge in [0.15, 0.2) is 6.10 Å². The molecule has 0 radical (unpaired) electrons. The first-order valence-electron chi connectivity index (χ1n) is 19.5. The minimum absolute atomic E-state index is 0.0778. The van der Waals surface area contributed by atoms with Crippen LogP contribution in [0.2, 0.25) is 0 Å². The van der Waals surface area contributed by atoms with E-state index >= 15 is 0 Å². The molecule has 47 heavy (non-hydrogen) atoms. The summed E-state index contributed by atoms with van der Waals surface area (Å²) in [6, 6.07) is 0. The summed E-state index contributed by atoms with van der Waals surface area (Å²) in [5.41, 5.74) is 0. The van der Waals surface area contributed by atoms with Crippen LogP contribution < -0.4 is 0 Å². The molecule has 0 aromatic carbocycles. The minimum Gasteiger partial charge on any atom is -0.462 e. The maximum absolute atomic E-state index is 12.5. The van der Waals surface area contributed by atoms with E-state index < -0.39 is 6.10 Å². The Labute approximate surface area is 289 Å². The normalized spacial score (nSPS) is 12.3. The van der Waals surface area contributed by atoms with Crippen LogP contribution in [-0.2, 0) is 28.6 Å². The van der Waals surface area contributed by atoms with Crippen molar-refractivity contribution in [2.75, 3.05) is 13.2 Å². The lowest BCUT2D eigenvalue weighted by molar-refractivity contribution is -0.167. The zero-order valence-corrected chi connectivity index (χ0v) is 30.8. The fourth-order valence-corrected chi connectivity index (χ4v) is 5.22. The summed E-state index contributed by atoms with van der Waals surface area (Å²) in [4.78, 5) is 37.2. The van der Waals surface area contributed by atoms with E-state index in [2.05, 4.69) is 57.2 Å². The van der Waals surface area contributed by atoms with Gasteiger partial charge in [-0.3, -0.25) is 14.4 Å². The molecule has 1 unspecified atom stereocenters. The molecule has 1 atom stereocenters. The number of unbranched alkanes of at least 4 members (excludes halogenated alkanes) is 17. The van der Waals surface area contributed by atoms with Gasteiger partial charge in [0.05, 0.1) is 0 Å². The Kier molecular flexibility index (Phi) is 34.6. The van der Waals surface area contributed by atoms with Crippen LogP contribution in [0.5, 0.6) is 0 Å². The molecule has 0 aliphatic rings. The highest BCUT2D eigenvalue weighted by Crippen LogP contribution is 2.13. The van der Waals surface area contributed by atoms with Crippen LogP contribution in [0.1, 0.15) is 188 Å². The van der Waals surface area contributed by atoms with Gasteiger partial charge >= 0.3 is 17.9 Å². The lowest BCUT2D eigenvalue weighted by Gasteiger charge is -2.18. The molecule has 0 aliphatic heterocycles. The summed E-state index contributed by atoms with van der Waals surface area (Å²) in [6.45, 7) is 6.38. The Morgan fingerprint density at radius 1 is 0.447 bits per heavy atom. The highest BCUT2D eigenvalue weighted by atomic mass is 16.6. The maximum atomic E-state index is 12.5. The van der Waals surface area contributed by atoms with Crippen molar-refractivity contribution < 1.29 is 28.6 Å². The van der Waals surface area contributed by atoms with E-state index in [1.807, 2.05) is 0 Å². The first-order valence-corrected chi connectivity index (χ1v) is 19.5. The van der Waals surface area contributed by atoms with E-state index in [0.29, 0.717) is 19.3 Å². The van der Waals surface area contributed by atoms with Gasteiger partial charge < -0.3 is 14.2 Å². The van der Waals surface area contributed by atoms with Crippen LogP contribution in [0.3, 0.4) is 0 Å². The van der Waals surface area contributed by atoms with Gasteiger partial charge in [-0.2, -0.15) is 0 Å². The number of rotatable bonds is 34. The van der Waals surface area contributed by atoms with Gasteiger partial charge in [0.25, 0.3) is 0 Å². The molecule has 0 fully saturated rings. The Balaban J connectivity index is 4.28. The number of carbonyl (C=O) groups is 3. The van der Waals surface area contributed by atoms with E-state index in [1.165, 1.54) is 44.9 Å². The third kappa shape index (κ3) is 34.8. The Morgan fingerprint density at radius 3 is 1.30 bits per heavy atom. The van der Waals surface area contributed by atoms with Crippen LogP contribution in [0.4, 0.5) is 0 Å². The molecular formula is C41H72O6. The van der Waals surface area contributed by atoms with E-state index in [9.17, 15) is 14.4 Å². The van der Waals surface area contributed by atoms with Crippen LogP contribution in [0.15, 0.2) is 36.5 Å². The zero-order chi connectivity index (χ0) is 34.5. The summed E-state index contributed by atoms with van der Waals surface area (Å²) in [5.74, 6) is -0.917. The molecule has 0 aliphatic carbocycles. The van der Waals surface area contributed by atoms with Crippen LogP contribution >= 0.6 is 0 Å². The molecule has 0 amide bonds. The fraction of sp³-hybridized carbons (Fsp3) is 0.780. The van der Waals surface area contributed by atoms with Gasteiger partial charge in [-0.15, -0.1) is 0 Å². The van der Waals surface area contributed by atoms with Crippen molar-refractivity contribution in [2.45, 2.75) is 194 Å². The topological polar surface area (TPSA) is 78.9 Å². The zero-order valence-electron chi connectivity index (χ0n) is 30.8. The number of carbonyl (C=O) groups excluding carboxylic acids is 3. The maximum Gasteiger partial charge on any atom is 0.306 e. The molecule has 6 heteroatoms. The average molecular weight is 661 g/mol. The summed E-state index contributed by atoms with van der Waals surface area (Å²) < 4.78 is 16.5. The van der Waals surface area contributed by atoms with E-state index in [-0.39, 0.29) is 31.1 Å². The Hall–Kier alpha value is -2.37. The minimum atomic E-state index is -0.768. The molecule has 272 valence electrons. The van der Waals surface area contributed by atoms with E-state index in [1.54, 1.807) is 0 Å². The van der Waals surface area contributed by atoms with Crippen molar-refractivity contribution in [2.24, 2.45) is 0 Å². The monoisotopic (exact) mass is 661 g/mol. The van der Waals surface area contributed by atoms with Crippen molar-refractivity contribution >= 4 is 17.9 Å². The van der Waals surface area contributed by atoms with Crippen molar-refractivity contribution in [3.63, 3.8) is 0 Å². The lowest BCUT2D eigenvalue weighted by Crippen LogP contribution is -2.30. The van der Waals surface area contributed by atoms with Gasteiger partial charge in [0.2, 0.25) is 0 Å². The van der Waals surface area contributed by atoms with Gasteiger partial charge in [-0.1, -0.05) is 154 Å². The second-order valence-electron chi connectivity index (χ2n) is 12.8. The smallest absolute Gasteiger partial charge is 0.306 e. The van der Waals surface area contributed by atoms with Gasteiger partial charge in [-0.05, 0) is 51.4 Å². The highest BCUT2D eigenvalue weighted by Gasteiger charge is 2.19. The molecule has 6 nitrogen and oxygen atoms in total. The molecule has 0 saturated carbocycles. The molecule has 0 N–H and O–H groups in total. The van der Waals surface area contributed by atoms with Gasteiger partial charge in [0, 0.05) is 19.3 Å². The summed E-state index contributed by atoms with van der Waals surface area (Å²) in [7, 11) is 0. The quantitative estimate of drug-likeness (QED) is 0.0296. The van der Waals surface area contributed by atoms with Crippen LogP contribution in [-0.4, -0.2) is 37.2 Å². The molecule has 0 aromatic heterocycles. The first-order chi connectivity index (χ1) is 23.0. The average Bonchev–Trinajstić information content (AvgIpc) is 3.06. The fourth-order valence-electron chi connectivity index (χ4n) is 5.22. The lowest BCUT2D eigenvalue weighted by atomic mass is 10.1. The third-order valence-corrected chi connectivity index (χ3v) is 8.16. The number of hydrogen-bond donors (Lipinski definition) is 0. The molecule has 0 aromatic rings. The standard InChI is InChI=1S/C41H72O6/c1-4-7-10-13-15-17-18-19-20-21-22-24-25-28-31-34-40(43)46-37-38(36-45-39(42)33-30-27-12-9-6-3)47-41(44)35-32-29-26-23-16-14-11-8-5-2/h7,10,15,17,19-20,38H,4-6,8-9,11-14,16,18,21-37H2,1-3H3/b10-7-,17-15-,20-19-. The van der Waals surface area contributed by atoms with Gasteiger partial charge in [-0.25, -0.2) is 0 Å². The number of hydrogen-bond acceptors (Lipinski definition) is 6. The van der Waals surface area contributed by atoms with Crippen molar-refractivity contribution in [1.29, 1.82) is 0 Å². The molecule has 0 heterocycles. The van der Waals surface area contributed by atoms with Crippen molar-refractivity contribution in [3.8, 4) is 0 Å². The van der Waals surface area contributed by atoms with E-state index in [0.717, 1.165) is 103 Å². The third-order valence-electron chi connectivity index (χ3n) is 8.16. The van der Waals surface area contributed by atoms with Crippen LogP contribution in [0, 0.1) is 0 Å². The number of ether oxygens (including phenoxy) is 3. The largest absolute Gasteiger partial charge is 0.462 e.